The van der Waals surface area contributed by atoms with Crippen molar-refractivity contribution in [2.45, 2.75) is 38.6 Å². The topological polar surface area (TPSA) is 87.9 Å². The summed E-state index contributed by atoms with van der Waals surface area (Å²) in [5.41, 5.74) is 1.62. The van der Waals surface area contributed by atoms with Gasteiger partial charge >= 0.3 is 0 Å². The molecule has 194 valence electrons. The summed E-state index contributed by atoms with van der Waals surface area (Å²) >= 11 is 12.0. The number of carbonyl (C=O) groups excluding carboxylic acids is 1. The maximum Gasteiger partial charge on any atom is 0.274 e. The van der Waals surface area contributed by atoms with E-state index < -0.39 is 0 Å². The molecular weight excluding hydrogens is 501 g/mol. The SMILES string of the molecule is CO/C=C(/N=Nc1ccc(Cl)cc1Cl)OC=Nc1ccc(C(=O)NCCCN2CCCCC2C)cc1.[HH]. The minimum atomic E-state index is -0.0972. The number of azo groups is 1. The smallest absolute Gasteiger partial charge is 0.274 e. The van der Waals surface area contributed by atoms with Gasteiger partial charge in [0.2, 0.25) is 0 Å². The van der Waals surface area contributed by atoms with E-state index >= 15 is 0 Å². The number of rotatable bonds is 11. The first-order valence-corrected chi connectivity index (χ1v) is 12.6. The summed E-state index contributed by atoms with van der Waals surface area (Å²) in [6.07, 6.45) is 7.27. The molecule has 1 saturated heterocycles. The first kappa shape index (κ1) is 27.6. The van der Waals surface area contributed by atoms with Gasteiger partial charge in [0.15, 0.2) is 6.40 Å². The first-order chi connectivity index (χ1) is 17.5. The molecular formula is C26H33Cl2N5O3. The Balaban J connectivity index is 0.00000481. The van der Waals surface area contributed by atoms with Crippen molar-refractivity contribution in [1.29, 1.82) is 0 Å². The quantitative estimate of drug-likeness (QED) is 0.109. The molecule has 1 fully saturated rings. The van der Waals surface area contributed by atoms with Gasteiger partial charge in [0.1, 0.15) is 11.9 Å². The fourth-order valence-electron chi connectivity index (χ4n) is 3.76. The standard InChI is InChI=1S/C26H31Cl2N5O3.H2/c1-19-6-3-4-14-33(19)15-5-13-29-26(34)20-7-10-22(11-8-20)30-18-36-25(17-35-2)32-31-24-12-9-21(27)16-23(24)28;/h7-12,16-19H,3-6,13-15H2,1-2H3,(H,29,34);1H/b25-17-,30-18?,32-31?;. The van der Waals surface area contributed by atoms with E-state index in [-0.39, 0.29) is 13.2 Å². The molecule has 0 spiro atoms. The summed E-state index contributed by atoms with van der Waals surface area (Å²) < 4.78 is 10.4. The number of carbonyl (C=O) groups is 1. The summed E-state index contributed by atoms with van der Waals surface area (Å²) in [5, 5.41) is 11.9. The summed E-state index contributed by atoms with van der Waals surface area (Å²) in [7, 11) is 1.46. The lowest BCUT2D eigenvalue weighted by molar-refractivity contribution is 0.0949. The number of likely N-dealkylation sites (tertiary alicyclic amines) is 1. The summed E-state index contributed by atoms with van der Waals surface area (Å²) in [4.78, 5) is 19.2. The van der Waals surface area contributed by atoms with Crippen molar-refractivity contribution in [1.82, 2.24) is 10.2 Å². The molecule has 1 heterocycles. The molecule has 0 aliphatic carbocycles. The third-order valence-electron chi connectivity index (χ3n) is 5.74. The first-order valence-electron chi connectivity index (χ1n) is 11.9. The zero-order valence-electron chi connectivity index (χ0n) is 20.5. The molecule has 36 heavy (non-hydrogen) atoms. The number of hydrogen-bond donors (Lipinski definition) is 1. The van der Waals surface area contributed by atoms with E-state index in [1.807, 2.05) is 0 Å². The van der Waals surface area contributed by atoms with E-state index in [1.165, 1.54) is 39.0 Å². The molecule has 0 aromatic heterocycles. The van der Waals surface area contributed by atoms with Gasteiger partial charge in [-0.2, -0.15) is 0 Å². The maximum absolute atomic E-state index is 12.4. The summed E-state index contributed by atoms with van der Waals surface area (Å²) in [5.74, 6) is -0.0257. The van der Waals surface area contributed by atoms with E-state index in [0.717, 1.165) is 19.5 Å². The average molecular weight is 534 g/mol. The van der Waals surface area contributed by atoms with Crippen LogP contribution in [0.3, 0.4) is 0 Å². The molecule has 1 atom stereocenters. The van der Waals surface area contributed by atoms with Crippen molar-refractivity contribution >= 4 is 46.9 Å². The Morgan fingerprint density at radius 2 is 2.03 bits per heavy atom. The van der Waals surface area contributed by atoms with E-state index in [2.05, 4.69) is 32.4 Å². The number of nitrogens with one attached hydrogen (secondary N) is 1. The predicted molar refractivity (Wildman–Crippen MR) is 146 cm³/mol. The number of amides is 1. The van der Waals surface area contributed by atoms with Gasteiger partial charge in [-0.1, -0.05) is 29.6 Å². The third-order valence-corrected chi connectivity index (χ3v) is 6.28. The highest BCUT2D eigenvalue weighted by Crippen LogP contribution is 2.28. The van der Waals surface area contributed by atoms with Gasteiger partial charge in [-0.25, -0.2) is 4.99 Å². The number of hydrogen-bond acceptors (Lipinski definition) is 7. The van der Waals surface area contributed by atoms with E-state index in [4.69, 9.17) is 32.7 Å². The Morgan fingerprint density at radius 1 is 1.22 bits per heavy atom. The summed E-state index contributed by atoms with van der Waals surface area (Å²) in [6.45, 7) is 5.10. The van der Waals surface area contributed by atoms with Crippen LogP contribution in [-0.2, 0) is 9.47 Å². The minimum Gasteiger partial charge on any atom is -0.499 e. The molecule has 2 aromatic carbocycles. The number of aliphatic imine (C=N–C) groups is 1. The predicted octanol–water partition coefficient (Wildman–Crippen LogP) is 7.14. The molecule has 0 saturated carbocycles. The Bertz CT molecular complexity index is 1100. The van der Waals surface area contributed by atoms with Crippen LogP contribution in [0.4, 0.5) is 11.4 Å². The molecule has 0 radical (unpaired) electrons. The number of halogens is 2. The van der Waals surface area contributed by atoms with Gasteiger partial charge in [0.05, 0.1) is 17.8 Å². The van der Waals surface area contributed by atoms with Gasteiger partial charge in [0, 0.05) is 31.1 Å². The van der Waals surface area contributed by atoms with Crippen LogP contribution in [0.2, 0.25) is 10.0 Å². The lowest BCUT2D eigenvalue weighted by atomic mass is 10.0. The van der Waals surface area contributed by atoms with Crippen LogP contribution in [0.1, 0.15) is 44.4 Å². The van der Waals surface area contributed by atoms with Crippen molar-refractivity contribution < 1.29 is 15.7 Å². The van der Waals surface area contributed by atoms with Gasteiger partial charge in [-0.05, 0) is 75.2 Å². The monoisotopic (exact) mass is 533 g/mol. The van der Waals surface area contributed by atoms with Gasteiger partial charge < -0.3 is 19.7 Å². The second kappa shape index (κ2) is 14.6. The number of ether oxygens (including phenoxy) is 2. The molecule has 2 aromatic rings. The molecule has 10 heteroatoms. The van der Waals surface area contributed by atoms with Crippen molar-refractivity contribution in [2.75, 3.05) is 26.7 Å². The average Bonchev–Trinajstić information content (AvgIpc) is 2.87. The van der Waals surface area contributed by atoms with Crippen LogP contribution in [0.5, 0.6) is 0 Å². The molecule has 1 aliphatic heterocycles. The van der Waals surface area contributed by atoms with Crippen molar-refractivity contribution in [2.24, 2.45) is 15.2 Å². The van der Waals surface area contributed by atoms with Gasteiger partial charge in [0.25, 0.3) is 11.8 Å². The van der Waals surface area contributed by atoms with Crippen LogP contribution >= 0.6 is 23.2 Å². The van der Waals surface area contributed by atoms with Crippen LogP contribution in [0, 0.1) is 0 Å². The fraction of sp³-hybridized carbons (Fsp3) is 0.385. The maximum atomic E-state index is 12.4. The second-order valence-electron chi connectivity index (χ2n) is 8.38. The zero-order chi connectivity index (χ0) is 25.8. The molecule has 0 bridgehead atoms. The summed E-state index contributed by atoms with van der Waals surface area (Å²) in [6, 6.07) is 12.4. The van der Waals surface area contributed by atoms with E-state index in [1.54, 1.807) is 42.5 Å². The number of benzene rings is 2. The van der Waals surface area contributed by atoms with Crippen LogP contribution in [0.25, 0.3) is 0 Å². The molecule has 1 amide bonds. The normalized spacial score (nSPS) is 17.0. The second-order valence-corrected chi connectivity index (χ2v) is 9.22. The minimum absolute atomic E-state index is 0. The molecule has 1 aliphatic rings. The highest BCUT2D eigenvalue weighted by molar-refractivity contribution is 6.36. The largest absolute Gasteiger partial charge is 0.499 e. The molecule has 1 unspecified atom stereocenters. The third kappa shape index (κ3) is 8.93. The van der Waals surface area contributed by atoms with Crippen molar-refractivity contribution in [3.8, 4) is 0 Å². The highest BCUT2D eigenvalue weighted by atomic mass is 35.5. The van der Waals surface area contributed by atoms with Crippen LogP contribution < -0.4 is 5.32 Å². The lowest BCUT2D eigenvalue weighted by Gasteiger charge is -2.33. The van der Waals surface area contributed by atoms with Gasteiger partial charge in [-0.3, -0.25) is 4.79 Å². The highest BCUT2D eigenvalue weighted by Gasteiger charge is 2.17. The zero-order valence-corrected chi connectivity index (χ0v) is 22.0. The Morgan fingerprint density at radius 3 is 2.75 bits per heavy atom. The molecule has 1 N–H and O–H groups in total. The Kier molecular flexibility index (Phi) is 11.2. The Hall–Kier alpha value is -2.94. The number of piperidine rings is 1. The van der Waals surface area contributed by atoms with Crippen LogP contribution in [0.15, 0.2) is 69.8 Å². The van der Waals surface area contributed by atoms with E-state index in [9.17, 15) is 4.79 Å². The van der Waals surface area contributed by atoms with Crippen molar-refractivity contribution in [3.05, 3.63) is 70.2 Å². The Labute approximate surface area is 223 Å². The van der Waals surface area contributed by atoms with E-state index in [0.29, 0.717) is 39.6 Å². The molecule has 3 rings (SSSR count). The van der Waals surface area contributed by atoms with Crippen molar-refractivity contribution in [3.63, 3.8) is 0 Å². The fourth-order valence-corrected chi connectivity index (χ4v) is 4.20. The number of nitrogens with zero attached hydrogens (tertiary/aromatic N) is 4. The molecule has 8 nitrogen and oxygen atoms in total. The number of methoxy groups -OCH3 is 1. The lowest BCUT2D eigenvalue weighted by Crippen LogP contribution is -2.39. The van der Waals surface area contributed by atoms with Gasteiger partial charge in [-0.15, -0.1) is 10.2 Å². The van der Waals surface area contributed by atoms with Crippen LogP contribution in [-0.4, -0.2) is 50.0 Å².